The van der Waals surface area contributed by atoms with Crippen molar-refractivity contribution < 1.29 is 9.53 Å². The quantitative estimate of drug-likeness (QED) is 0.723. The summed E-state index contributed by atoms with van der Waals surface area (Å²) in [4.78, 5) is 11.2. The van der Waals surface area contributed by atoms with Crippen molar-refractivity contribution in [1.29, 1.82) is 0 Å². The fourth-order valence-electron chi connectivity index (χ4n) is 1.78. The van der Waals surface area contributed by atoms with E-state index < -0.39 is 0 Å². The second-order valence-electron chi connectivity index (χ2n) is 3.83. The Bertz CT molecular complexity index is 415. The molecule has 0 saturated carbocycles. The molecule has 82 valence electrons. The first kappa shape index (κ1) is 10.7. The first-order valence-electron chi connectivity index (χ1n) is 5.32. The van der Waals surface area contributed by atoms with Gasteiger partial charge in [-0.15, -0.1) is 0 Å². The number of benzene rings is 1. The van der Waals surface area contributed by atoms with Gasteiger partial charge in [-0.25, -0.2) is 4.79 Å². The molecule has 1 aromatic carbocycles. The van der Waals surface area contributed by atoms with Crippen molar-refractivity contribution in [3.63, 3.8) is 0 Å². The van der Waals surface area contributed by atoms with Gasteiger partial charge in [0, 0.05) is 0 Å². The van der Waals surface area contributed by atoms with Crippen LogP contribution in [0.4, 0.5) is 0 Å². The van der Waals surface area contributed by atoms with Crippen LogP contribution in [-0.2, 0) is 11.2 Å². The van der Waals surface area contributed by atoms with E-state index in [0.717, 1.165) is 6.42 Å². The van der Waals surface area contributed by atoms with Crippen molar-refractivity contribution in [3.8, 4) is 0 Å². The molecule has 0 radical (unpaired) electrons. The van der Waals surface area contributed by atoms with Crippen LogP contribution in [0.3, 0.4) is 0 Å². The SMILES string of the molecule is COC(=O)c1ccc(CC2C=CC=C2)cc1. The third kappa shape index (κ3) is 2.40. The third-order valence-corrected chi connectivity index (χ3v) is 2.67. The number of rotatable bonds is 3. The topological polar surface area (TPSA) is 26.3 Å². The molecule has 0 spiro atoms. The van der Waals surface area contributed by atoms with Crippen molar-refractivity contribution in [3.05, 3.63) is 59.7 Å². The molecule has 1 aliphatic rings. The lowest BCUT2D eigenvalue weighted by atomic mass is 10.00. The second-order valence-corrected chi connectivity index (χ2v) is 3.83. The lowest BCUT2D eigenvalue weighted by Crippen LogP contribution is -2.02. The number of hydrogen-bond donors (Lipinski definition) is 0. The number of hydrogen-bond acceptors (Lipinski definition) is 2. The van der Waals surface area contributed by atoms with E-state index in [1.165, 1.54) is 12.7 Å². The molecule has 0 saturated heterocycles. The minimum atomic E-state index is -0.285. The van der Waals surface area contributed by atoms with Gasteiger partial charge in [-0.05, 0) is 30.0 Å². The van der Waals surface area contributed by atoms with E-state index in [1.54, 1.807) is 0 Å². The van der Waals surface area contributed by atoms with Crippen LogP contribution in [-0.4, -0.2) is 13.1 Å². The summed E-state index contributed by atoms with van der Waals surface area (Å²) in [5.74, 6) is 0.205. The minimum absolute atomic E-state index is 0.285. The van der Waals surface area contributed by atoms with Crippen LogP contribution in [0.2, 0.25) is 0 Å². The van der Waals surface area contributed by atoms with E-state index in [-0.39, 0.29) is 5.97 Å². The molecular formula is C14H14O2. The Hall–Kier alpha value is -1.83. The lowest BCUT2D eigenvalue weighted by molar-refractivity contribution is 0.0600. The summed E-state index contributed by atoms with van der Waals surface area (Å²) in [6.45, 7) is 0. The van der Waals surface area contributed by atoms with E-state index in [4.69, 9.17) is 0 Å². The van der Waals surface area contributed by atoms with Crippen LogP contribution in [0.15, 0.2) is 48.6 Å². The highest BCUT2D eigenvalue weighted by molar-refractivity contribution is 5.89. The summed E-state index contributed by atoms with van der Waals surface area (Å²) in [6, 6.07) is 7.57. The van der Waals surface area contributed by atoms with Gasteiger partial charge in [0.05, 0.1) is 12.7 Å². The van der Waals surface area contributed by atoms with E-state index in [9.17, 15) is 4.79 Å². The van der Waals surface area contributed by atoms with Crippen molar-refractivity contribution in [2.45, 2.75) is 6.42 Å². The number of esters is 1. The fourth-order valence-corrected chi connectivity index (χ4v) is 1.78. The molecule has 2 heteroatoms. The standard InChI is InChI=1S/C14H14O2/c1-16-14(15)13-8-6-12(7-9-13)10-11-4-2-3-5-11/h2-9,11H,10H2,1H3. The van der Waals surface area contributed by atoms with E-state index in [0.29, 0.717) is 11.5 Å². The number of methoxy groups -OCH3 is 1. The largest absolute Gasteiger partial charge is 0.465 e. The van der Waals surface area contributed by atoms with Crippen LogP contribution < -0.4 is 0 Å². The van der Waals surface area contributed by atoms with Gasteiger partial charge in [-0.3, -0.25) is 0 Å². The van der Waals surface area contributed by atoms with Gasteiger partial charge >= 0.3 is 5.97 Å². The van der Waals surface area contributed by atoms with Crippen molar-refractivity contribution in [2.24, 2.45) is 5.92 Å². The summed E-state index contributed by atoms with van der Waals surface area (Å²) in [5, 5.41) is 0. The van der Waals surface area contributed by atoms with Gasteiger partial charge in [0.2, 0.25) is 0 Å². The first-order chi connectivity index (χ1) is 7.79. The Morgan fingerprint density at radius 1 is 1.19 bits per heavy atom. The highest BCUT2D eigenvalue weighted by Gasteiger charge is 2.07. The minimum Gasteiger partial charge on any atom is -0.465 e. The molecule has 1 aliphatic carbocycles. The van der Waals surface area contributed by atoms with Gasteiger partial charge in [0.25, 0.3) is 0 Å². The molecule has 0 amide bonds. The predicted molar refractivity (Wildman–Crippen MR) is 63.3 cm³/mol. The van der Waals surface area contributed by atoms with E-state index in [2.05, 4.69) is 29.0 Å². The monoisotopic (exact) mass is 214 g/mol. The third-order valence-electron chi connectivity index (χ3n) is 2.67. The molecule has 1 aromatic rings. The Morgan fingerprint density at radius 3 is 2.38 bits per heavy atom. The number of carbonyl (C=O) groups is 1. The van der Waals surface area contributed by atoms with Crippen LogP contribution >= 0.6 is 0 Å². The van der Waals surface area contributed by atoms with E-state index >= 15 is 0 Å². The zero-order valence-corrected chi connectivity index (χ0v) is 9.22. The van der Waals surface area contributed by atoms with Crippen molar-refractivity contribution in [2.75, 3.05) is 7.11 Å². The molecule has 2 rings (SSSR count). The van der Waals surface area contributed by atoms with Crippen LogP contribution in [0.5, 0.6) is 0 Å². The van der Waals surface area contributed by atoms with Crippen molar-refractivity contribution >= 4 is 5.97 Å². The molecule has 2 nitrogen and oxygen atoms in total. The fraction of sp³-hybridized carbons (Fsp3) is 0.214. The van der Waals surface area contributed by atoms with Gasteiger partial charge in [0.15, 0.2) is 0 Å². The molecule has 0 fully saturated rings. The smallest absolute Gasteiger partial charge is 0.337 e. The van der Waals surface area contributed by atoms with Gasteiger partial charge < -0.3 is 4.74 Å². The Balaban J connectivity index is 2.04. The molecule has 0 N–H and O–H groups in total. The average molecular weight is 214 g/mol. The van der Waals surface area contributed by atoms with Gasteiger partial charge in [-0.1, -0.05) is 36.4 Å². The van der Waals surface area contributed by atoms with Gasteiger partial charge in [0.1, 0.15) is 0 Å². The molecule has 0 bridgehead atoms. The maximum absolute atomic E-state index is 11.2. The van der Waals surface area contributed by atoms with Crippen LogP contribution in [0.1, 0.15) is 15.9 Å². The van der Waals surface area contributed by atoms with Crippen LogP contribution in [0, 0.1) is 5.92 Å². The predicted octanol–water partition coefficient (Wildman–Crippen LogP) is 2.76. The number of allylic oxidation sites excluding steroid dienone is 4. The average Bonchev–Trinajstić information content (AvgIpc) is 2.82. The summed E-state index contributed by atoms with van der Waals surface area (Å²) in [7, 11) is 1.39. The number of ether oxygens (including phenoxy) is 1. The normalized spacial score (nSPS) is 14.3. The molecule has 16 heavy (non-hydrogen) atoms. The molecular weight excluding hydrogens is 200 g/mol. The van der Waals surface area contributed by atoms with E-state index in [1.807, 2.05) is 24.3 Å². The zero-order chi connectivity index (χ0) is 11.4. The molecule has 0 unspecified atom stereocenters. The first-order valence-corrected chi connectivity index (χ1v) is 5.32. The molecule has 0 atom stereocenters. The maximum atomic E-state index is 11.2. The molecule has 0 aliphatic heterocycles. The zero-order valence-electron chi connectivity index (χ0n) is 9.22. The summed E-state index contributed by atoms with van der Waals surface area (Å²) in [6.07, 6.45) is 9.46. The lowest BCUT2D eigenvalue weighted by Gasteiger charge is -2.06. The Kier molecular flexibility index (Phi) is 3.20. The van der Waals surface area contributed by atoms with Gasteiger partial charge in [-0.2, -0.15) is 0 Å². The highest BCUT2D eigenvalue weighted by atomic mass is 16.5. The summed E-state index contributed by atoms with van der Waals surface area (Å²) >= 11 is 0. The number of carbonyl (C=O) groups excluding carboxylic acids is 1. The van der Waals surface area contributed by atoms with Crippen LogP contribution in [0.25, 0.3) is 0 Å². The molecule has 0 aromatic heterocycles. The summed E-state index contributed by atoms with van der Waals surface area (Å²) < 4.78 is 4.65. The molecule has 0 heterocycles. The highest BCUT2D eigenvalue weighted by Crippen LogP contribution is 2.16. The Labute approximate surface area is 95.2 Å². The second kappa shape index (κ2) is 4.79. The summed E-state index contributed by atoms with van der Waals surface area (Å²) in [5.41, 5.74) is 1.83. The van der Waals surface area contributed by atoms with Crippen molar-refractivity contribution in [1.82, 2.24) is 0 Å². The maximum Gasteiger partial charge on any atom is 0.337 e. The Morgan fingerprint density at radius 2 is 1.81 bits per heavy atom.